The molecular formula is C50H48N4O4S2. The van der Waals surface area contributed by atoms with E-state index in [-0.39, 0.29) is 5.57 Å². The minimum absolute atomic E-state index is 0.315. The number of aromatic nitrogens is 2. The Morgan fingerprint density at radius 3 is 1.63 bits per heavy atom. The van der Waals surface area contributed by atoms with Crippen LogP contribution < -0.4 is 14.4 Å². The predicted molar refractivity (Wildman–Crippen MR) is 247 cm³/mol. The number of anilines is 3. The van der Waals surface area contributed by atoms with Crippen molar-refractivity contribution in [1.29, 1.82) is 5.26 Å². The third kappa shape index (κ3) is 10.3. The number of ether oxygens (including phenoxy) is 2. The second-order valence-electron chi connectivity index (χ2n) is 14.6. The maximum atomic E-state index is 11.5. The largest absolute Gasteiger partial charge is 0.494 e. The third-order valence-electron chi connectivity index (χ3n) is 10.3. The zero-order valence-corrected chi connectivity index (χ0v) is 35.6. The Kier molecular flexibility index (Phi) is 14.4. The highest BCUT2D eigenvalue weighted by Crippen LogP contribution is 2.43. The Labute approximate surface area is 360 Å². The van der Waals surface area contributed by atoms with Crippen LogP contribution in [-0.2, 0) is 4.79 Å². The molecule has 0 fully saturated rings. The molecule has 0 radical (unpaired) electrons. The zero-order valence-electron chi connectivity index (χ0n) is 34.0. The first-order valence-corrected chi connectivity index (χ1v) is 22.2. The highest BCUT2D eigenvalue weighted by molar-refractivity contribution is 7.16. The number of hydrogen-bond acceptors (Lipinski definition) is 9. The lowest BCUT2D eigenvalue weighted by atomic mass is 10.0. The number of nitriles is 1. The van der Waals surface area contributed by atoms with Gasteiger partial charge in [-0.15, -0.1) is 11.3 Å². The maximum absolute atomic E-state index is 11.5. The highest BCUT2D eigenvalue weighted by atomic mass is 32.1. The summed E-state index contributed by atoms with van der Waals surface area (Å²) in [5.41, 5.74) is 9.25. The molecule has 5 aromatic carbocycles. The fourth-order valence-electron chi connectivity index (χ4n) is 7.05. The smallest absolute Gasteiger partial charge is 0.346 e. The molecule has 0 spiro atoms. The van der Waals surface area contributed by atoms with Crippen LogP contribution in [0.3, 0.4) is 0 Å². The maximum Gasteiger partial charge on any atom is 0.346 e. The summed E-state index contributed by atoms with van der Waals surface area (Å²) in [7, 11) is 0. The second-order valence-corrected chi connectivity index (χ2v) is 16.2. The lowest BCUT2D eigenvalue weighted by Gasteiger charge is -2.26. The van der Waals surface area contributed by atoms with Gasteiger partial charge in [-0.1, -0.05) is 101 Å². The molecule has 8 nitrogen and oxygen atoms in total. The van der Waals surface area contributed by atoms with Gasteiger partial charge in [0.15, 0.2) is 0 Å². The summed E-state index contributed by atoms with van der Waals surface area (Å²) in [6.07, 6.45) is 10.8. The molecule has 0 saturated heterocycles. The third-order valence-corrected chi connectivity index (χ3v) is 11.9. The first-order valence-electron chi connectivity index (χ1n) is 20.6. The van der Waals surface area contributed by atoms with Crippen molar-refractivity contribution in [2.45, 2.75) is 65.2 Å². The topological polar surface area (TPSA) is 109 Å². The molecule has 10 heteroatoms. The van der Waals surface area contributed by atoms with Crippen LogP contribution in [-0.4, -0.2) is 33.0 Å². The Hall–Kier alpha value is -6.28. The molecule has 7 aromatic rings. The summed E-state index contributed by atoms with van der Waals surface area (Å²) < 4.78 is 21.6. The number of hydrogen-bond donors (Lipinski definition) is 1. The number of carboxylic acids is 1. The molecule has 0 unspecified atom stereocenters. The number of unbranched alkanes of at least 4 members (excludes halogenated alkanes) is 6. The van der Waals surface area contributed by atoms with Gasteiger partial charge in [-0.2, -0.15) is 14.0 Å². The number of benzene rings is 5. The Morgan fingerprint density at radius 1 is 0.650 bits per heavy atom. The summed E-state index contributed by atoms with van der Waals surface area (Å²) in [5.74, 6) is 0.515. The van der Waals surface area contributed by atoms with Crippen LogP contribution in [0.25, 0.3) is 49.8 Å². The second kappa shape index (κ2) is 20.6. The van der Waals surface area contributed by atoms with Gasteiger partial charge in [0.2, 0.25) is 0 Å². The molecule has 304 valence electrons. The molecule has 7 rings (SSSR count). The van der Waals surface area contributed by atoms with Crippen LogP contribution in [0.15, 0.2) is 127 Å². The van der Waals surface area contributed by atoms with Crippen LogP contribution in [0.4, 0.5) is 17.1 Å². The van der Waals surface area contributed by atoms with Gasteiger partial charge in [0.05, 0.1) is 30.6 Å². The van der Waals surface area contributed by atoms with Crippen molar-refractivity contribution in [3.63, 3.8) is 0 Å². The predicted octanol–water partition coefficient (Wildman–Crippen LogP) is 14.1. The number of rotatable bonds is 20. The first kappa shape index (κ1) is 41.9. The standard InChI is InChI=1S/C50H48N4O4S2/c1-3-5-7-9-31-57-42-23-15-37(16-24-42)35-11-19-40(20-12-35)54(41-21-13-36(14-22-41)38-17-25-43(26-18-38)58-32-10-8-6-4-2)46-29-28-45(48-49(46)53-60-52-48)47-30-27-44(59-47)33-39(34-51)50(55)56/h11-30,33H,3-10,31-32H2,1-2H3,(H,55,56)/b39-33-. The van der Waals surface area contributed by atoms with Crippen molar-refractivity contribution in [3.8, 4) is 50.3 Å². The van der Waals surface area contributed by atoms with Crippen LogP contribution >= 0.6 is 23.1 Å². The normalized spacial score (nSPS) is 11.4. The van der Waals surface area contributed by atoms with Crippen molar-refractivity contribution in [2.75, 3.05) is 18.1 Å². The quantitative estimate of drug-likeness (QED) is 0.0459. The van der Waals surface area contributed by atoms with E-state index in [0.717, 1.165) is 110 Å². The lowest BCUT2D eigenvalue weighted by Crippen LogP contribution is -2.10. The molecule has 2 aromatic heterocycles. The SMILES string of the molecule is CCCCCCOc1ccc(-c2ccc(N(c3ccc(-c4ccc(OCCCCCC)cc4)cc3)c3ccc(-c4ccc(/C=C(/C#N)C(=O)O)s4)c4nsnc34)cc2)cc1. The van der Waals surface area contributed by atoms with Gasteiger partial charge in [0.25, 0.3) is 0 Å². The van der Waals surface area contributed by atoms with Crippen LogP contribution in [0.2, 0.25) is 0 Å². The number of carboxylic acid groups (broad SMARTS) is 1. The Balaban J connectivity index is 1.19. The lowest BCUT2D eigenvalue weighted by molar-refractivity contribution is -0.132. The summed E-state index contributed by atoms with van der Waals surface area (Å²) >= 11 is 2.55. The van der Waals surface area contributed by atoms with Crippen molar-refractivity contribution in [2.24, 2.45) is 0 Å². The van der Waals surface area contributed by atoms with Crippen LogP contribution in [0.1, 0.15) is 70.1 Å². The van der Waals surface area contributed by atoms with Crippen molar-refractivity contribution >= 4 is 63.2 Å². The molecule has 0 saturated carbocycles. The average Bonchev–Trinajstić information content (AvgIpc) is 3.98. The molecular weight excluding hydrogens is 785 g/mol. The van der Waals surface area contributed by atoms with Crippen molar-refractivity contribution in [1.82, 2.24) is 8.75 Å². The molecule has 60 heavy (non-hydrogen) atoms. The van der Waals surface area contributed by atoms with Gasteiger partial charge in [0, 0.05) is 26.7 Å². The van der Waals surface area contributed by atoms with E-state index < -0.39 is 5.97 Å². The van der Waals surface area contributed by atoms with E-state index in [4.69, 9.17) is 18.2 Å². The van der Waals surface area contributed by atoms with E-state index in [1.165, 1.54) is 55.9 Å². The first-order chi connectivity index (χ1) is 29.4. The molecule has 0 aliphatic carbocycles. The Bertz CT molecular complexity index is 2450. The minimum atomic E-state index is -1.25. The molecule has 0 bridgehead atoms. The van der Waals surface area contributed by atoms with Gasteiger partial charge in [-0.05, 0) is 114 Å². The summed E-state index contributed by atoms with van der Waals surface area (Å²) in [6.45, 7) is 5.89. The molecule has 2 heterocycles. The van der Waals surface area contributed by atoms with Gasteiger partial charge >= 0.3 is 5.97 Å². The monoisotopic (exact) mass is 832 g/mol. The van der Waals surface area contributed by atoms with Gasteiger partial charge in [-0.3, -0.25) is 0 Å². The average molecular weight is 833 g/mol. The number of thiophene rings is 1. The number of carbonyl (C=O) groups is 1. The van der Waals surface area contributed by atoms with Gasteiger partial charge < -0.3 is 19.5 Å². The van der Waals surface area contributed by atoms with E-state index in [2.05, 4.69) is 97.6 Å². The number of aliphatic carboxylic acids is 1. The highest BCUT2D eigenvalue weighted by Gasteiger charge is 2.21. The van der Waals surface area contributed by atoms with Crippen LogP contribution in [0.5, 0.6) is 11.5 Å². The van der Waals surface area contributed by atoms with E-state index in [1.807, 2.05) is 42.5 Å². The summed E-state index contributed by atoms with van der Waals surface area (Å²) in [4.78, 5) is 15.3. The molecule has 0 atom stereocenters. The fraction of sp³-hybridized carbons (Fsp3) is 0.240. The molecule has 0 amide bonds. The minimum Gasteiger partial charge on any atom is -0.494 e. The molecule has 0 aliphatic rings. The van der Waals surface area contributed by atoms with Crippen LogP contribution in [0, 0.1) is 11.3 Å². The fourth-order valence-corrected chi connectivity index (χ4v) is 8.60. The summed E-state index contributed by atoms with van der Waals surface area (Å²) in [5, 5.41) is 18.7. The van der Waals surface area contributed by atoms with Crippen molar-refractivity contribution in [3.05, 3.63) is 132 Å². The zero-order chi connectivity index (χ0) is 41.7. The number of nitrogens with zero attached hydrogens (tertiary/aromatic N) is 4. The van der Waals surface area contributed by atoms with E-state index in [1.54, 1.807) is 6.07 Å². The van der Waals surface area contributed by atoms with E-state index >= 15 is 0 Å². The Morgan fingerprint density at radius 2 is 1.15 bits per heavy atom. The van der Waals surface area contributed by atoms with Gasteiger partial charge in [-0.25, -0.2) is 4.79 Å². The van der Waals surface area contributed by atoms with Gasteiger partial charge in [0.1, 0.15) is 34.2 Å². The van der Waals surface area contributed by atoms with Crippen molar-refractivity contribution < 1.29 is 19.4 Å². The molecule has 0 aliphatic heterocycles. The van der Waals surface area contributed by atoms with E-state index in [0.29, 0.717) is 4.88 Å². The van der Waals surface area contributed by atoms with E-state index in [9.17, 15) is 15.2 Å². The number of fused-ring (bicyclic) bond motifs is 1. The molecule has 1 N–H and O–H groups in total. The summed E-state index contributed by atoms with van der Waals surface area (Å²) in [6, 6.07) is 43.3.